The van der Waals surface area contributed by atoms with Crippen LogP contribution in [0.2, 0.25) is 0 Å². The van der Waals surface area contributed by atoms with Gasteiger partial charge in [-0.3, -0.25) is 0 Å². The van der Waals surface area contributed by atoms with Crippen LogP contribution < -0.4 is 5.32 Å². The molecule has 4 heteroatoms. The molecule has 0 bridgehead atoms. The predicted molar refractivity (Wildman–Crippen MR) is 78.9 cm³/mol. The zero-order chi connectivity index (χ0) is 14.4. The van der Waals surface area contributed by atoms with Crippen LogP contribution >= 0.6 is 11.8 Å². The normalized spacial score (nSPS) is 10.8. The lowest BCUT2D eigenvalue weighted by molar-refractivity contribution is 0.534. The van der Waals surface area contributed by atoms with Crippen LogP contribution in [0.5, 0.6) is 0 Å². The summed E-state index contributed by atoms with van der Waals surface area (Å²) in [7, 11) is 0. The summed E-state index contributed by atoms with van der Waals surface area (Å²) < 4.78 is 28.0. The molecule has 106 valence electrons. The molecule has 0 spiro atoms. The molecule has 0 aromatic heterocycles. The van der Waals surface area contributed by atoms with Gasteiger partial charge in [-0.05, 0) is 42.8 Å². The van der Waals surface area contributed by atoms with E-state index < -0.39 is 11.6 Å². The Bertz CT molecular complexity index is 535. The van der Waals surface area contributed by atoms with E-state index in [0.717, 1.165) is 29.6 Å². The summed E-state index contributed by atoms with van der Waals surface area (Å²) in [6, 6.07) is 12.0. The number of benzene rings is 2. The molecule has 0 atom stereocenters. The zero-order valence-corrected chi connectivity index (χ0v) is 12.1. The topological polar surface area (TPSA) is 12.0 Å². The van der Waals surface area contributed by atoms with Crippen molar-refractivity contribution in [1.82, 2.24) is 5.32 Å². The molecule has 2 aromatic carbocycles. The quantitative estimate of drug-likeness (QED) is 0.780. The molecule has 2 aromatic rings. The van der Waals surface area contributed by atoms with Crippen LogP contribution in [0.15, 0.2) is 52.3 Å². The van der Waals surface area contributed by atoms with E-state index >= 15 is 0 Å². The Balaban J connectivity index is 2.14. The highest BCUT2D eigenvalue weighted by molar-refractivity contribution is 7.99. The van der Waals surface area contributed by atoms with Crippen molar-refractivity contribution in [2.24, 2.45) is 0 Å². The molecule has 1 nitrogen and oxygen atoms in total. The van der Waals surface area contributed by atoms with Crippen molar-refractivity contribution < 1.29 is 8.78 Å². The molecule has 0 aliphatic carbocycles. The van der Waals surface area contributed by atoms with E-state index in [4.69, 9.17) is 0 Å². The van der Waals surface area contributed by atoms with Gasteiger partial charge in [-0.2, -0.15) is 0 Å². The molecular formula is C16H17F2NS. The predicted octanol–water partition coefficient (Wildman–Crippen LogP) is 4.62. The van der Waals surface area contributed by atoms with Gasteiger partial charge in [0.1, 0.15) is 11.6 Å². The van der Waals surface area contributed by atoms with Gasteiger partial charge in [0.15, 0.2) is 0 Å². The Kier molecular flexibility index (Phi) is 5.56. The second-order valence-electron chi connectivity index (χ2n) is 4.48. The first kappa shape index (κ1) is 15.0. The average molecular weight is 293 g/mol. The highest BCUT2D eigenvalue weighted by atomic mass is 32.2. The molecule has 20 heavy (non-hydrogen) atoms. The fourth-order valence-corrected chi connectivity index (χ4v) is 2.67. The third-order valence-electron chi connectivity index (χ3n) is 2.78. The number of hydrogen-bond acceptors (Lipinski definition) is 2. The van der Waals surface area contributed by atoms with Crippen molar-refractivity contribution in [3.63, 3.8) is 0 Å². The van der Waals surface area contributed by atoms with Crippen LogP contribution in [0, 0.1) is 11.6 Å². The second-order valence-corrected chi connectivity index (χ2v) is 5.56. The minimum absolute atomic E-state index is 0.0513. The fraction of sp³-hybridized carbons (Fsp3) is 0.250. The van der Waals surface area contributed by atoms with Gasteiger partial charge in [-0.15, -0.1) is 0 Å². The van der Waals surface area contributed by atoms with Gasteiger partial charge < -0.3 is 5.32 Å². The summed E-state index contributed by atoms with van der Waals surface area (Å²) in [5.41, 5.74) is 0.630. The maximum absolute atomic E-state index is 14.0. The van der Waals surface area contributed by atoms with E-state index in [1.54, 1.807) is 0 Å². The van der Waals surface area contributed by atoms with E-state index in [1.807, 2.05) is 37.3 Å². The van der Waals surface area contributed by atoms with Gasteiger partial charge in [-0.25, -0.2) is 8.78 Å². The molecule has 0 amide bonds. The summed E-state index contributed by atoms with van der Waals surface area (Å²) in [5.74, 6) is -1.01. The smallest absolute Gasteiger partial charge is 0.140 e. The van der Waals surface area contributed by atoms with Crippen LogP contribution in [0.25, 0.3) is 0 Å². The first-order chi connectivity index (χ1) is 9.70. The number of nitrogens with one attached hydrogen (secondary N) is 1. The molecule has 0 saturated carbocycles. The minimum atomic E-state index is -0.507. The minimum Gasteiger partial charge on any atom is -0.313 e. The van der Waals surface area contributed by atoms with Crippen molar-refractivity contribution in [2.75, 3.05) is 6.54 Å². The van der Waals surface area contributed by atoms with Crippen LogP contribution in [0.3, 0.4) is 0 Å². The molecule has 0 heterocycles. The molecule has 0 saturated heterocycles. The molecule has 0 aliphatic heterocycles. The van der Waals surface area contributed by atoms with Crippen LogP contribution in [0.4, 0.5) is 8.78 Å². The van der Waals surface area contributed by atoms with Crippen molar-refractivity contribution in [2.45, 2.75) is 29.7 Å². The summed E-state index contributed by atoms with van der Waals surface area (Å²) in [6.45, 7) is 3.37. The largest absolute Gasteiger partial charge is 0.313 e. The highest BCUT2D eigenvalue weighted by Crippen LogP contribution is 2.32. The molecule has 0 radical (unpaired) electrons. The molecule has 0 aliphatic rings. The number of rotatable bonds is 6. The van der Waals surface area contributed by atoms with Crippen molar-refractivity contribution in [1.29, 1.82) is 0 Å². The Morgan fingerprint density at radius 3 is 2.30 bits per heavy atom. The van der Waals surface area contributed by atoms with E-state index in [0.29, 0.717) is 12.1 Å². The van der Waals surface area contributed by atoms with Gasteiger partial charge in [0, 0.05) is 11.4 Å². The molecule has 1 N–H and O–H groups in total. The first-order valence-electron chi connectivity index (χ1n) is 6.62. The summed E-state index contributed by atoms with van der Waals surface area (Å²) in [6.07, 6.45) is 0.993. The van der Waals surface area contributed by atoms with Gasteiger partial charge in [-0.1, -0.05) is 36.9 Å². The average Bonchev–Trinajstić information content (AvgIpc) is 2.44. The third-order valence-corrected chi connectivity index (χ3v) is 3.88. The van der Waals surface area contributed by atoms with Crippen LogP contribution in [-0.2, 0) is 6.54 Å². The lowest BCUT2D eigenvalue weighted by Gasteiger charge is -2.08. The first-order valence-corrected chi connectivity index (χ1v) is 7.44. The van der Waals surface area contributed by atoms with Gasteiger partial charge in [0.2, 0.25) is 0 Å². The Labute approximate surface area is 122 Å². The maximum atomic E-state index is 14.0. The third kappa shape index (κ3) is 4.05. The van der Waals surface area contributed by atoms with E-state index in [9.17, 15) is 8.78 Å². The Hall–Kier alpha value is -1.39. The van der Waals surface area contributed by atoms with Gasteiger partial charge in [0.25, 0.3) is 0 Å². The van der Waals surface area contributed by atoms with Gasteiger partial charge in [0.05, 0.1) is 4.90 Å². The van der Waals surface area contributed by atoms with E-state index in [1.165, 1.54) is 12.1 Å². The fourth-order valence-electron chi connectivity index (χ4n) is 1.83. The SMILES string of the molecule is CCCNCc1cc(F)c(Sc2ccccc2)c(F)c1. The lowest BCUT2D eigenvalue weighted by Crippen LogP contribution is -2.14. The van der Waals surface area contributed by atoms with E-state index in [2.05, 4.69) is 5.32 Å². The monoisotopic (exact) mass is 293 g/mol. The van der Waals surface area contributed by atoms with Crippen molar-refractivity contribution in [3.8, 4) is 0 Å². The van der Waals surface area contributed by atoms with Crippen LogP contribution in [-0.4, -0.2) is 6.54 Å². The summed E-state index contributed by atoms with van der Waals surface area (Å²) in [5, 5.41) is 3.13. The van der Waals surface area contributed by atoms with Crippen molar-refractivity contribution in [3.05, 3.63) is 59.7 Å². The maximum Gasteiger partial charge on any atom is 0.140 e. The molecule has 0 fully saturated rings. The lowest BCUT2D eigenvalue weighted by atomic mass is 10.2. The molecular weight excluding hydrogens is 276 g/mol. The van der Waals surface area contributed by atoms with Gasteiger partial charge >= 0.3 is 0 Å². The van der Waals surface area contributed by atoms with Crippen molar-refractivity contribution >= 4 is 11.8 Å². The van der Waals surface area contributed by atoms with E-state index in [-0.39, 0.29) is 4.90 Å². The summed E-state index contributed by atoms with van der Waals surface area (Å²) in [4.78, 5) is 0.873. The highest BCUT2D eigenvalue weighted by Gasteiger charge is 2.12. The molecule has 2 rings (SSSR count). The second kappa shape index (κ2) is 7.41. The molecule has 0 unspecified atom stereocenters. The number of halogens is 2. The number of hydrogen-bond donors (Lipinski definition) is 1. The zero-order valence-electron chi connectivity index (χ0n) is 11.3. The Morgan fingerprint density at radius 2 is 1.70 bits per heavy atom. The summed E-state index contributed by atoms with van der Waals surface area (Å²) >= 11 is 1.11. The Morgan fingerprint density at radius 1 is 1.05 bits per heavy atom. The standard InChI is InChI=1S/C16H17F2NS/c1-2-8-19-11-12-9-14(17)16(15(18)10-12)20-13-6-4-3-5-7-13/h3-7,9-10,19H,2,8,11H2,1H3. The van der Waals surface area contributed by atoms with Crippen LogP contribution in [0.1, 0.15) is 18.9 Å².